The van der Waals surface area contributed by atoms with Crippen LogP contribution < -0.4 is 5.32 Å². The lowest BCUT2D eigenvalue weighted by Crippen LogP contribution is -2.30. The zero-order valence-electron chi connectivity index (χ0n) is 14.2. The van der Waals surface area contributed by atoms with Crippen molar-refractivity contribution < 1.29 is 9.59 Å². The number of rotatable bonds is 5. The molecule has 0 atom stereocenters. The Balaban J connectivity index is 2.38. The summed E-state index contributed by atoms with van der Waals surface area (Å²) < 4.78 is 0. The van der Waals surface area contributed by atoms with E-state index >= 15 is 0 Å². The summed E-state index contributed by atoms with van der Waals surface area (Å²) in [7, 11) is 0. The highest BCUT2D eigenvalue weighted by atomic mass is 35.5. The molecule has 7 heteroatoms. The van der Waals surface area contributed by atoms with Crippen LogP contribution in [0.2, 0.25) is 5.02 Å². The molecule has 2 aromatic rings. The fourth-order valence-corrected chi connectivity index (χ4v) is 3.75. The van der Waals surface area contributed by atoms with Crippen LogP contribution in [0.15, 0.2) is 24.3 Å². The Morgan fingerprint density at radius 1 is 1.28 bits per heavy atom. The van der Waals surface area contributed by atoms with Crippen LogP contribution in [0.5, 0.6) is 0 Å². The molecule has 1 aromatic carbocycles. The summed E-state index contributed by atoms with van der Waals surface area (Å²) in [5.74, 6) is -0.549. The van der Waals surface area contributed by atoms with Crippen molar-refractivity contribution >= 4 is 39.8 Å². The van der Waals surface area contributed by atoms with E-state index in [1.807, 2.05) is 13.8 Å². The number of benzene rings is 1. The molecule has 1 heterocycles. The maximum Gasteiger partial charge on any atom is 0.264 e. The second kappa shape index (κ2) is 8.15. The quantitative estimate of drug-likeness (QED) is 0.845. The molecule has 0 unspecified atom stereocenters. The minimum Gasteiger partial charge on any atom is -0.338 e. The lowest BCUT2D eigenvalue weighted by Gasteiger charge is -2.17. The summed E-state index contributed by atoms with van der Waals surface area (Å²) in [5.41, 5.74) is 1.20. The molecule has 0 fully saturated rings. The number of halogens is 1. The third kappa shape index (κ3) is 3.84. The smallest absolute Gasteiger partial charge is 0.264 e. The Kier molecular flexibility index (Phi) is 6.18. The van der Waals surface area contributed by atoms with E-state index in [0.717, 1.165) is 11.3 Å². The molecule has 0 saturated heterocycles. The lowest BCUT2D eigenvalue weighted by molar-refractivity contribution is 0.0777. The number of thiophene rings is 1. The van der Waals surface area contributed by atoms with Gasteiger partial charge in [-0.3, -0.25) is 9.59 Å². The first kappa shape index (κ1) is 19.0. The molecule has 25 heavy (non-hydrogen) atoms. The fraction of sp³-hybridized carbons (Fsp3) is 0.278. The van der Waals surface area contributed by atoms with E-state index in [2.05, 4.69) is 11.4 Å². The minimum atomic E-state index is -0.412. The fourth-order valence-electron chi connectivity index (χ4n) is 2.41. The largest absolute Gasteiger partial charge is 0.338 e. The first-order chi connectivity index (χ1) is 11.9. The number of amides is 2. The highest BCUT2D eigenvalue weighted by Gasteiger charge is 2.24. The van der Waals surface area contributed by atoms with Crippen LogP contribution in [0.1, 0.15) is 45.0 Å². The number of hydrogen-bond acceptors (Lipinski definition) is 4. The number of anilines is 1. The van der Waals surface area contributed by atoms with E-state index in [0.29, 0.717) is 44.7 Å². The van der Waals surface area contributed by atoms with Gasteiger partial charge in [-0.15, -0.1) is 11.3 Å². The van der Waals surface area contributed by atoms with Crippen LogP contribution in [0, 0.1) is 18.3 Å². The van der Waals surface area contributed by atoms with Gasteiger partial charge in [0.25, 0.3) is 11.8 Å². The Labute approximate surface area is 155 Å². The minimum absolute atomic E-state index is 0.137. The standard InChI is InChI=1S/C18H18ClN3O2S/c1-4-22(5-2)18(24)15-11(3)13(10-20)17(25-15)21-16(23)12-8-6-7-9-14(12)19/h6-9H,4-5H2,1-3H3,(H,21,23). The first-order valence-corrected chi connectivity index (χ1v) is 9.02. The predicted molar refractivity (Wildman–Crippen MR) is 100 cm³/mol. The van der Waals surface area contributed by atoms with E-state index in [1.165, 1.54) is 0 Å². The van der Waals surface area contributed by atoms with E-state index in [1.54, 1.807) is 36.1 Å². The van der Waals surface area contributed by atoms with E-state index < -0.39 is 5.91 Å². The summed E-state index contributed by atoms with van der Waals surface area (Å²) >= 11 is 7.16. The van der Waals surface area contributed by atoms with Crippen molar-refractivity contribution in [3.05, 3.63) is 50.9 Å². The molecule has 0 aliphatic carbocycles. The number of nitriles is 1. The van der Waals surface area contributed by atoms with Crippen LogP contribution in [0.25, 0.3) is 0 Å². The van der Waals surface area contributed by atoms with Crippen LogP contribution in [-0.2, 0) is 0 Å². The van der Waals surface area contributed by atoms with E-state index in [-0.39, 0.29) is 5.91 Å². The van der Waals surface area contributed by atoms with Crippen LogP contribution in [0.4, 0.5) is 5.00 Å². The number of hydrogen-bond donors (Lipinski definition) is 1. The maximum absolute atomic E-state index is 12.6. The molecule has 1 N–H and O–H groups in total. The average molecular weight is 376 g/mol. The van der Waals surface area contributed by atoms with Gasteiger partial charge in [0.1, 0.15) is 11.1 Å². The number of carbonyl (C=O) groups excluding carboxylic acids is 2. The van der Waals surface area contributed by atoms with E-state index in [4.69, 9.17) is 11.6 Å². The zero-order valence-corrected chi connectivity index (χ0v) is 15.8. The van der Waals surface area contributed by atoms with Gasteiger partial charge < -0.3 is 10.2 Å². The molecule has 0 aliphatic rings. The predicted octanol–water partition coefficient (Wildman–Crippen LogP) is 4.32. The summed E-state index contributed by atoms with van der Waals surface area (Å²) in [6.45, 7) is 6.67. The normalized spacial score (nSPS) is 10.2. The molecule has 0 bridgehead atoms. The molecule has 2 amide bonds. The highest BCUT2D eigenvalue weighted by Crippen LogP contribution is 2.34. The van der Waals surface area contributed by atoms with Gasteiger partial charge in [-0.2, -0.15) is 5.26 Å². The number of nitrogens with zero attached hydrogens (tertiary/aromatic N) is 2. The molecule has 0 saturated carbocycles. The Hall–Kier alpha value is -2.36. The second-order valence-electron chi connectivity index (χ2n) is 5.28. The Morgan fingerprint density at radius 2 is 1.92 bits per heavy atom. The summed E-state index contributed by atoms with van der Waals surface area (Å²) in [5, 5.41) is 12.8. The van der Waals surface area contributed by atoms with Gasteiger partial charge in [-0.1, -0.05) is 23.7 Å². The maximum atomic E-state index is 12.6. The topological polar surface area (TPSA) is 73.2 Å². The molecule has 130 valence electrons. The SMILES string of the molecule is CCN(CC)C(=O)c1sc(NC(=O)c2ccccc2Cl)c(C#N)c1C. The third-order valence-corrected chi connectivity index (χ3v) is 5.37. The van der Waals surface area contributed by atoms with Gasteiger partial charge in [0, 0.05) is 13.1 Å². The average Bonchev–Trinajstić information content (AvgIpc) is 2.91. The molecular weight excluding hydrogens is 358 g/mol. The van der Waals surface area contributed by atoms with Crippen molar-refractivity contribution in [3.8, 4) is 6.07 Å². The molecule has 5 nitrogen and oxygen atoms in total. The summed E-state index contributed by atoms with van der Waals surface area (Å²) in [6, 6.07) is 8.74. The van der Waals surface area contributed by atoms with Crippen molar-refractivity contribution in [1.82, 2.24) is 4.90 Å². The number of carbonyl (C=O) groups is 2. The van der Waals surface area contributed by atoms with E-state index in [9.17, 15) is 14.9 Å². The highest BCUT2D eigenvalue weighted by molar-refractivity contribution is 7.18. The molecule has 0 spiro atoms. The van der Waals surface area contributed by atoms with Crippen LogP contribution >= 0.6 is 22.9 Å². The molecule has 0 radical (unpaired) electrons. The van der Waals surface area contributed by atoms with Gasteiger partial charge in [0.2, 0.25) is 0 Å². The monoisotopic (exact) mass is 375 g/mol. The zero-order chi connectivity index (χ0) is 18.6. The molecule has 1 aromatic heterocycles. The second-order valence-corrected chi connectivity index (χ2v) is 6.71. The van der Waals surface area contributed by atoms with Gasteiger partial charge >= 0.3 is 0 Å². The van der Waals surface area contributed by atoms with Gasteiger partial charge in [-0.25, -0.2) is 0 Å². The van der Waals surface area contributed by atoms with Gasteiger partial charge in [0.15, 0.2) is 0 Å². The van der Waals surface area contributed by atoms with Crippen LogP contribution in [-0.4, -0.2) is 29.8 Å². The van der Waals surface area contributed by atoms with Crippen molar-refractivity contribution in [2.45, 2.75) is 20.8 Å². The molecule has 2 rings (SSSR count). The third-order valence-electron chi connectivity index (χ3n) is 3.85. The first-order valence-electron chi connectivity index (χ1n) is 7.83. The van der Waals surface area contributed by atoms with Crippen molar-refractivity contribution in [2.75, 3.05) is 18.4 Å². The Morgan fingerprint density at radius 3 is 2.48 bits per heavy atom. The summed E-state index contributed by atoms with van der Waals surface area (Å²) in [6.07, 6.45) is 0. The molecule has 0 aliphatic heterocycles. The number of nitrogens with one attached hydrogen (secondary N) is 1. The van der Waals surface area contributed by atoms with Gasteiger partial charge in [-0.05, 0) is 38.5 Å². The summed E-state index contributed by atoms with van der Waals surface area (Å²) in [4.78, 5) is 27.2. The molecular formula is C18H18ClN3O2S. The van der Waals surface area contributed by atoms with Gasteiger partial charge in [0.05, 0.1) is 21.0 Å². The van der Waals surface area contributed by atoms with Crippen molar-refractivity contribution in [1.29, 1.82) is 5.26 Å². The Bertz CT molecular complexity index is 850. The van der Waals surface area contributed by atoms with Crippen molar-refractivity contribution in [2.24, 2.45) is 0 Å². The van der Waals surface area contributed by atoms with Crippen LogP contribution in [0.3, 0.4) is 0 Å². The lowest BCUT2D eigenvalue weighted by atomic mass is 10.1. The van der Waals surface area contributed by atoms with Crippen molar-refractivity contribution in [3.63, 3.8) is 0 Å².